The van der Waals surface area contributed by atoms with E-state index in [0.29, 0.717) is 5.56 Å². The summed E-state index contributed by atoms with van der Waals surface area (Å²) in [6.45, 7) is 2.07. The van der Waals surface area contributed by atoms with E-state index < -0.39 is 5.97 Å². The lowest BCUT2D eigenvalue weighted by molar-refractivity contribution is 0.0690. The lowest BCUT2D eigenvalue weighted by Gasteiger charge is -2.17. The largest absolute Gasteiger partial charge is 0.477 e. The molecule has 0 aliphatic heterocycles. The number of aryl methyl sites for hydroxylation is 1. The summed E-state index contributed by atoms with van der Waals surface area (Å²) in [5.41, 5.74) is 2.25. The van der Waals surface area contributed by atoms with Gasteiger partial charge in [0.2, 0.25) is 0 Å². The van der Waals surface area contributed by atoms with Crippen LogP contribution in [0.25, 0.3) is 0 Å². The molecular formula is C16H16N2O3. The number of aromatic carboxylic acids is 1. The van der Waals surface area contributed by atoms with Crippen LogP contribution in [-0.4, -0.2) is 29.0 Å². The molecule has 0 spiro atoms. The number of amides is 1. The van der Waals surface area contributed by atoms with Crippen molar-refractivity contribution in [2.45, 2.75) is 13.3 Å². The predicted molar refractivity (Wildman–Crippen MR) is 79.7 cm³/mol. The predicted octanol–water partition coefficient (Wildman–Crippen LogP) is 2.62. The molecule has 0 aliphatic carbocycles. The van der Waals surface area contributed by atoms with Gasteiger partial charge < -0.3 is 10.0 Å². The van der Waals surface area contributed by atoms with Gasteiger partial charge in [-0.1, -0.05) is 19.1 Å². The van der Waals surface area contributed by atoms with Gasteiger partial charge in [0.05, 0.1) is 5.56 Å². The van der Waals surface area contributed by atoms with E-state index in [-0.39, 0.29) is 11.6 Å². The average molecular weight is 284 g/mol. The van der Waals surface area contributed by atoms with Crippen LogP contribution >= 0.6 is 0 Å². The third-order valence-corrected chi connectivity index (χ3v) is 3.27. The number of hydrogen-bond donors (Lipinski definition) is 1. The van der Waals surface area contributed by atoms with Crippen LogP contribution in [0.15, 0.2) is 42.6 Å². The number of carbonyl (C=O) groups excluding carboxylic acids is 1. The summed E-state index contributed by atoms with van der Waals surface area (Å²) >= 11 is 0. The summed E-state index contributed by atoms with van der Waals surface area (Å²) < 4.78 is 0. The number of nitrogens with zero attached hydrogens (tertiary/aromatic N) is 2. The van der Waals surface area contributed by atoms with E-state index in [1.54, 1.807) is 7.05 Å². The standard InChI is InChI=1S/C16H16N2O3/c1-3-11-4-7-13(8-5-11)18(2)15(19)12-6-9-14(16(20)21)17-10-12/h4-10H,3H2,1-2H3,(H,20,21). The number of carboxylic acid groups (broad SMARTS) is 1. The van der Waals surface area contributed by atoms with E-state index in [1.165, 1.54) is 28.8 Å². The van der Waals surface area contributed by atoms with Crippen molar-refractivity contribution in [3.8, 4) is 0 Å². The molecule has 21 heavy (non-hydrogen) atoms. The van der Waals surface area contributed by atoms with E-state index in [0.717, 1.165) is 12.1 Å². The van der Waals surface area contributed by atoms with Crippen molar-refractivity contribution in [1.29, 1.82) is 0 Å². The fourth-order valence-electron chi connectivity index (χ4n) is 1.91. The number of anilines is 1. The topological polar surface area (TPSA) is 70.5 Å². The quantitative estimate of drug-likeness (QED) is 0.937. The highest BCUT2D eigenvalue weighted by molar-refractivity contribution is 6.05. The van der Waals surface area contributed by atoms with Crippen LogP contribution in [0.2, 0.25) is 0 Å². The van der Waals surface area contributed by atoms with E-state index in [4.69, 9.17) is 5.11 Å². The third-order valence-electron chi connectivity index (χ3n) is 3.27. The first-order valence-electron chi connectivity index (χ1n) is 6.59. The second-order valence-electron chi connectivity index (χ2n) is 4.62. The zero-order valence-corrected chi connectivity index (χ0v) is 11.9. The van der Waals surface area contributed by atoms with Crippen molar-refractivity contribution in [1.82, 2.24) is 4.98 Å². The Hall–Kier alpha value is -2.69. The van der Waals surface area contributed by atoms with Gasteiger partial charge >= 0.3 is 5.97 Å². The summed E-state index contributed by atoms with van der Waals surface area (Å²) in [6, 6.07) is 10.5. The van der Waals surface area contributed by atoms with Crippen molar-refractivity contribution in [3.63, 3.8) is 0 Å². The fourth-order valence-corrected chi connectivity index (χ4v) is 1.91. The first-order chi connectivity index (χ1) is 10.0. The van der Waals surface area contributed by atoms with Gasteiger partial charge in [0.15, 0.2) is 0 Å². The highest BCUT2D eigenvalue weighted by Gasteiger charge is 2.14. The molecule has 0 aliphatic rings. The molecular weight excluding hydrogens is 268 g/mol. The lowest BCUT2D eigenvalue weighted by atomic mass is 10.1. The zero-order valence-electron chi connectivity index (χ0n) is 11.9. The van der Waals surface area contributed by atoms with Crippen LogP contribution in [0.4, 0.5) is 5.69 Å². The molecule has 0 saturated heterocycles. The maximum atomic E-state index is 12.3. The zero-order chi connectivity index (χ0) is 15.4. The molecule has 1 aromatic carbocycles. The molecule has 1 heterocycles. The fraction of sp³-hybridized carbons (Fsp3) is 0.188. The summed E-state index contributed by atoms with van der Waals surface area (Å²) in [6.07, 6.45) is 2.22. The molecule has 0 radical (unpaired) electrons. The van der Waals surface area contributed by atoms with Gasteiger partial charge in [0.1, 0.15) is 5.69 Å². The van der Waals surface area contributed by atoms with Crippen LogP contribution in [0.5, 0.6) is 0 Å². The van der Waals surface area contributed by atoms with Gasteiger partial charge in [-0.05, 0) is 36.2 Å². The van der Waals surface area contributed by atoms with Gasteiger partial charge in [-0.3, -0.25) is 4.79 Å². The van der Waals surface area contributed by atoms with Crippen LogP contribution in [0.3, 0.4) is 0 Å². The number of aromatic nitrogens is 1. The molecule has 5 nitrogen and oxygen atoms in total. The minimum absolute atomic E-state index is 0.0819. The molecule has 0 saturated carbocycles. The maximum Gasteiger partial charge on any atom is 0.354 e. The van der Waals surface area contributed by atoms with E-state index in [9.17, 15) is 9.59 Å². The van der Waals surface area contributed by atoms with Crippen molar-refractivity contribution >= 4 is 17.6 Å². The Morgan fingerprint density at radius 3 is 2.29 bits per heavy atom. The SMILES string of the molecule is CCc1ccc(N(C)C(=O)c2ccc(C(=O)O)nc2)cc1. The smallest absolute Gasteiger partial charge is 0.354 e. The summed E-state index contributed by atoms with van der Waals surface area (Å²) in [5, 5.41) is 8.79. The molecule has 1 aromatic heterocycles. The first-order valence-corrected chi connectivity index (χ1v) is 6.59. The van der Waals surface area contributed by atoms with Gasteiger partial charge in [0, 0.05) is 18.9 Å². The Morgan fingerprint density at radius 1 is 1.14 bits per heavy atom. The van der Waals surface area contributed by atoms with E-state index in [1.807, 2.05) is 24.3 Å². The molecule has 0 bridgehead atoms. The molecule has 108 valence electrons. The molecule has 1 amide bonds. The maximum absolute atomic E-state index is 12.3. The Bertz CT molecular complexity index is 648. The van der Waals surface area contributed by atoms with Gasteiger partial charge in [-0.25, -0.2) is 9.78 Å². The van der Waals surface area contributed by atoms with Crippen LogP contribution in [0.1, 0.15) is 33.3 Å². The number of carboxylic acids is 1. The molecule has 5 heteroatoms. The van der Waals surface area contributed by atoms with Crippen molar-refractivity contribution in [3.05, 3.63) is 59.4 Å². The third kappa shape index (κ3) is 3.25. The Labute approximate surface area is 122 Å². The van der Waals surface area contributed by atoms with Crippen LogP contribution in [0, 0.1) is 0 Å². The van der Waals surface area contributed by atoms with Crippen molar-refractivity contribution in [2.75, 3.05) is 11.9 Å². The molecule has 0 unspecified atom stereocenters. The van der Waals surface area contributed by atoms with Gasteiger partial charge in [-0.15, -0.1) is 0 Å². The lowest BCUT2D eigenvalue weighted by Crippen LogP contribution is -2.26. The summed E-state index contributed by atoms with van der Waals surface area (Å²) in [7, 11) is 1.67. The molecule has 0 fully saturated rings. The minimum atomic E-state index is -1.11. The van der Waals surface area contributed by atoms with Crippen molar-refractivity contribution < 1.29 is 14.7 Å². The monoisotopic (exact) mass is 284 g/mol. The Kier molecular flexibility index (Phi) is 4.33. The van der Waals surface area contributed by atoms with Crippen LogP contribution in [-0.2, 0) is 6.42 Å². The first kappa shape index (κ1) is 14.7. The van der Waals surface area contributed by atoms with E-state index >= 15 is 0 Å². The molecule has 2 aromatic rings. The second-order valence-corrected chi connectivity index (χ2v) is 4.62. The van der Waals surface area contributed by atoms with Gasteiger partial charge in [0.25, 0.3) is 5.91 Å². The van der Waals surface area contributed by atoms with Gasteiger partial charge in [-0.2, -0.15) is 0 Å². The average Bonchev–Trinajstić information content (AvgIpc) is 2.53. The molecule has 2 rings (SSSR count). The second kappa shape index (κ2) is 6.17. The number of carbonyl (C=O) groups is 2. The highest BCUT2D eigenvalue weighted by Crippen LogP contribution is 2.16. The normalized spacial score (nSPS) is 10.2. The van der Waals surface area contributed by atoms with Crippen LogP contribution < -0.4 is 4.90 Å². The summed E-state index contributed by atoms with van der Waals surface area (Å²) in [5.74, 6) is -1.35. The van der Waals surface area contributed by atoms with E-state index in [2.05, 4.69) is 11.9 Å². The van der Waals surface area contributed by atoms with Crippen molar-refractivity contribution in [2.24, 2.45) is 0 Å². The number of rotatable bonds is 4. The summed E-state index contributed by atoms with van der Waals surface area (Å²) in [4.78, 5) is 28.3. The molecule has 1 N–H and O–H groups in total. The number of benzene rings is 1. The number of pyridine rings is 1. The Morgan fingerprint density at radius 2 is 1.81 bits per heavy atom. The minimum Gasteiger partial charge on any atom is -0.477 e. The Balaban J connectivity index is 2.19. The molecule has 0 atom stereocenters. The highest BCUT2D eigenvalue weighted by atomic mass is 16.4. The number of hydrogen-bond acceptors (Lipinski definition) is 3.